The molecule has 2 aromatic carbocycles. The molecule has 0 saturated heterocycles. The molecular weight excluding hydrogens is 240 g/mol. The summed E-state index contributed by atoms with van der Waals surface area (Å²) in [4.78, 5) is 0. The van der Waals surface area contributed by atoms with Crippen molar-refractivity contribution in [2.45, 2.75) is 6.92 Å². The Morgan fingerprint density at radius 1 is 1.16 bits per heavy atom. The largest absolute Gasteiger partial charge is 0.508 e. The molecule has 3 aromatic rings. The molecular formula is C15H14N2O2. The molecule has 19 heavy (non-hydrogen) atoms. The van der Waals surface area contributed by atoms with E-state index in [9.17, 15) is 5.11 Å². The van der Waals surface area contributed by atoms with Crippen LogP contribution >= 0.6 is 0 Å². The number of hydrogen-bond donors (Lipinski definition) is 1. The molecule has 4 heteroatoms. The summed E-state index contributed by atoms with van der Waals surface area (Å²) < 4.78 is 7.02. The zero-order valence-corrected chi connectivity index (χ0v) is 10.8. The van der Waals surface area contributed by atoms with E-state index in [0.29, 0.717) is 0 Å². The number of aryl methyl sites for hydroxylation is 1. The number of phenolic OH excluding ortho intramolecular Hbond substituents is 1. The highest BCUT2D eigenvalue weighted by Crippen LogP contribution is 2.23. The molecule has 0 radical (unpaired) electrons. The van der Waals surface area contributed by atoms with Gasteiger partial charge in [0.1, 0.15) is 11.5 Å². The maximum absolute atomic E-state index is 9.48. The summed E-state index contributed by atoms with van der Waals surface area (Å²) in [5.74, 6) is 1.08. The average molecular weight is 254 g/mol. The lowest BCUT2D eigenvalue weighted by Gasteiger charge is -2.07. The zero-order chi connectivity index (χ0) is 13.4. The van der Waals surface area contributed by atoms with E-state index >= 15 is 0 Å². The first-order valence-electron chi connectivity index (χ1n) is 6.01. The minimum atomic E-state index is 0.249. The van der Waals surface area contributed by atoms with Crippen LogP contribution in [0.15, 0.2) is 42.6 Å². The lowest BCUT2D eigenvalue weighted by atomic mass is 10.2. The first-order valence-corrected chi connectivity index (χ1v) is 6.01. The Morgan fingerprint density at radius 2 is 2.00 bits per heavy atom. The number of aromatic hydroxyl groups is 1. The summed E-state index contributed by atoms with van der Waals surface area (Å²) >= 11 is 0. The molecule has 0 atom stereocenters. The summed E-state index contributed by atoms with van der Waals surface area (Å²) in [6.07, 6.45) is 1.91. The minimum Gasteiger partial charge on any atom is -0.508 e. The lowest BCUT2D eigenvalue weighted by Crippen LogP contribution is -1.97. The second-order valence-electron chi connectivity index (χ2n) is 4.47. The Hall–Kier alpha value is -2.49. The molecule has 3 rings (SSSR count). The van der Waals surface area contributed by atoms with Crippen LogP contribution in [0.2, 0.25) is 0 Å². The summed E-state index contributed by atoms with van der Waals surface area (Å²) in [7, 11) is 1.65. The van der Waals surface area contributed by atoms with E-state index in [1.54, 1.807) is 25.3 Å². The molecule has 0 spiro atoms. The predicted molar refractivity (Wildman–Crippen MR) is 74.0 cm³/mol. The van der Waals surface area contributed by atoms with Crippen LogP contribution in [0.5, 0.6) is 11.5 Å². The van der Waals surface area contributed by atoms with Crippen molar-refractivity contribution >= 4 is 10.9 Å². The fraction of sp³-hybridized carbons (Fsp3) is 0.133. The SMILES string of the molecule is COc1ccc(-n2cc3cc(O)ccc3n2)c(C)c1. The molecule has 4 nitrogen and oxygen atoms in total. The van der Waals surface area contributed by atoms with Crippen LogP contribution in [0.4, 0.5) is 0 Å². The maximum atomic E-state index is 9.48. The first-order chi connectivity index (χ1) is 9.17. The van der Waals surface area contributed by atoms with Crippen LogP contribution in [-0.2, 0) is 0 Å². The smallest absolute Gasteiger partial charge is 0.119 e. The molecule has 96 valence electrons. The maximum Gasteiger partial charge on any atom is 0.119 e. The standard InChI is InChI=1S/C15H14N2O2/c1-10-7-13(19-2)4-6-15(10)17-9-11-8-12(18)3-5-14(11)16-17/h3-9,18H,1-2H3. The minimum absolute atomic E-state index is 0.249. The van der Waals surface area contributed by atoms with Gasteiger partial charge in [0, 0.05) is 11.6 Å². The highest BCUT2D eigenvalue weighted by Gasteiger charge is 2.06. The zero-order valence-electron chi connectivity index (χ0n) is 10.8. The number of phenols is 1. The van der Waals surface area contributed by atoms with Crippen LogP contribution in [-0.4, -0.2) is 22.0 Å². The normalized spacial score (nSPS) is 10.8. The van der Waals surface area contributed by atoms with E-state index < -0.39 is 0 Å². The van der Waals surface area contributed by atoms with Crippen molar-refractivity contribution in [3.05, 3.63) is 48.2 Å². The van der Waals surface area contributed by atoms with Gasteiger partial charge in [0.05, 0.1) is 18.3 Å². The van der Waals surface area contributed by atoms with E-state index in [1.165, 1.54) is 0 Å². The van der Waals surface area contributed by atoms with Crippen molar-refractivity contribution in [2.24, 2.45) is 0 Å². The predicted octanol–water partition coefficient (Wildman–Crippen LogP) is 3.05. The van der Waals surface area contributed by atoms with E-state index in [0.717, 1.165) is 27.9 Å². The molecule has 1 heterocycles. The Balaban J connectivity index is 2.13. The fourth-order valence-electron chi connectivity index (χ4n) is 2.15. The number of ether oxygens (including phenoxy) is 1. The molecule has 0 aliphatic heterocycles. The van der Waals surface area contributed by atoms with Crippen molar-refractivity contribution in [3.8, 4) is 17.2 Å². The molecule has 0 aliphatic rings. The summed E-state index contributed by atoms with van der Waals surface area (Å²) in [6.45, 7) is 2.02. The topological polar surface area (TPSA) is 47.3 Å². The number of hydrogen-bond acceptors (Lipinski definition) is 3. The van der Waals surface area contributed by atoms with Gasteiger partial charge in [0.2, 0.25) is 0 Å². The summed E-state index contributed by atoms with van der Waals surface area (Å²) in [5.41, 5.74) is 2.93. The number of rotatable bonds is 2. The van der Waals surface area contributed by atoms with Gasteiger partial charge >= 0.3 is 0 Å². The van der Waals surface area contributed by atoms with E-state index in [2.05, 4.69) is 5.10 Å². The number of aromatic nitrogens is 2. The van der Waals surface area contributed by atoms with Gasteiger partial charge in [-0.05, 0) is 48.9 Å². The summed E-state index contributed by atoms with van der Waals surface area (Å²) in [5, 5.41) is 14.9. The van der Waals surface area contributed by atoms with Gasteiger partial charge < -0.3 is 9.84 Å². The number of nitrogens with zero attached hydrogens (tertiary/aromatic N) is 2. The fourth-order valence-corrected chi connectivity index (χ4v) is 2.15. The molecule has 1 aromatic heterocycles. The highest BCUT2D eigenvalue weighted by molar-refractivity contribution is 5.80. The summed E-state index contributed by atoms with van der Waals surface area (Å²) in [6, 6.07) is 11.0. The Bertz CT molecular complexity index is 747. The van der Waals surface area contributed by atoms with E-state index in [4.69, 9.17) is 4.74 Å². The highest BCUT2D eigenvalue weighted by atomic mass is 16.5. The van der Waals surface area contributed by atoms with Crippen molar-refractivity contribution in [1.29, 1.82) is 0 Å². The van der Waals surface area contributed by atoms with Crippen molar-refractivity contribution in [2.75, 3.05) is 7.11 Å². The second kappa shape index (κ2) is 4.31. The van der Waals surface area contributed by atoms with Gasteiger partial charge in [-0.3, -0.25) is 0 Å². The van der Waals surface area contributed by atoms with E-state index in [1.807, 2.05) is 36.0 Å². The van der Waals surface area contributed by atoms with Crippen LogP contribution in [0, 0.1) is 6.92 Å². The third-order valence-corrected chi connectivity index (χ3v) is 3.14. The first kappa shape index (κ1) is 11.6. The van der Waals surface area contributed by atoms with Gasteiger partial charge in [0.15, 0.2) is 0 Å². The molecule has 0 aliphatic carbocycles. The van der Waals surface area contributed by atoms with Crippen LogP contribution < -0.4 is 4.74 Å². The molecule has 1 N–H and O–H groups in total. The van der Waals surface area contributed by atoms with Gasteiger partial charge in [-0.25, -0.2) is 4.68 Å². The van der Waals surface area contributed by atoms with Crippen LogP contribution in [0.25, 0.3) is 16.6 Å². The third kappa shape index (κ3) is 2.01. The molecule has 0 bridgehead atoms. The van der Waals surface area contributed by atoms with Gasteiger partial charge in [0.25, 0.3) is 0 Å². The van der Waals surface area contributed by atoms with Gasteiger partial charge in [-0.2, -0.15) is 5.10 Å². The van der Waals surface area contributed by atoms with Gasteiger partial charge in [-0.15, -0.1) is 0 Å². The number of benzene rings is 2. The third-order valence-electron chi connectivity index (χ3n) is 3.14. The Morgan fingerprint density at radius 3 is 2.74 bits per heavy atom. The van der Waals surface area contributed by atoms with Crippen molar-refractivity contribution < 1.29 is 9.84 Å². The molecule has 0 amide bonds. The van der Waals surface area contributed by atoms with Crippen LogP contribution in [0.1, 0.15) is 5.56 Å². The van der Waals surface area contributed by atoms with Crippen molar-refractivity contribution in [3.63, 3.8) is 0 Å². The lowest BCUT2D eigenvalue weighted by molar-refractivity contribution is 0.414. The van der Waals surface area contributed by atoms with Gasteiger partial charge in [-0.1, -0.05) is 0 Å². The molecule has 0 unspecified atom stereocenters. The quantitative estimate of drug-likeness (QED) is 0.764. The second-order valence-corrected chi connectivity index (χ2v) is 4.47. The van der Waals surface area contributed by atoms with Crippen molar-refractivity contribution in [1.82, 2.24) is 9.78 Å². The van der Waals surface area contributed by atoms with Crippen LogP contribution in [0.3, 0.4) is 0 Å². The Labute approximate surface area is 110 Å². The Kier molecular flexibility index (Phi) is 2.63. The average Bonchev–Trinajstić information content (AvgIpc) is 2.81. The number of methoxy groups -OCH3 is 1. The molecule has 0 saturated carbocycles. The molecule has 0 fully saturated rings. The van der Waals surface area contributed by atoms with E-state index in [-0.39, 0.29) is 5.75 Å². The number of fused-ring (bicyclic) bond motifs is 1. The monoisotopic (exact) mass is 254 g/mol.